The quantitative estimate of drug-likeness (QED) is 0.488. The number of unbranched alkanes of at least 4 members (excludes halogenated alkanes) is 3. The fraction of sp³-hybridized carbons (Fsp3) is 0.579. The van der Waals surface area contributed by atoms with Gasteiger partial charge < -0.3 is 0 Å². The van der Waals surface area contributed by atoms with Crippen LogP contribution in [-0.4, -0.2) is 24.0 Å². The molecular weight excluding hydrogens is 242 g/mol. The van der Waals surface area contributed by atoms with Gasteiger partial charge in [0.15, 0.2) is 0 Å². The Bertz CT molecular complexity index is 395. The van der Waals surface area contributed by atoms with E-state index in [4.69, 9.17) is 0 Å². The van der Waals surface area contributed by atoms with Gasteiger partial charge in [-0.2, -0.15) is 0 Å². The zero-order chi connectivity index (χ0) is 14.6. The van der Waals surface area contributed by atoms with Crippen molar-refractivity contribution in [3.8, 4) is 11.8 Å². The fourth-order valence-electron chi connectivity index (χ4n) is 2.46. The van der Waals surface area contributed by atoms with Gasteiger partial charge in [0.05, 0.1) is 6.04 Å². The molecule has 0 aromatic heterocycles. The molecule has 1 rings (SSSR count). The van der Waals surface area contributed by atoms with Crippen LogP contribution in [-0.2, 0) is 0 Å². The summed E-state index contributed by atoms with van der Waals surface area (Å²) in [6.07, 6.45) is 6.46. The molecule has 0 radical (unpaired) electrons. The third-order valence-electron chi connectivity index (χ3n) is 3.74. The Kier molecular flexibility index (Phi) is 8.83. The van der Waals surface area contributed by atoms with Crippen LogP contribution < -0.4 is 0 Å². The van der Waals surface area contributed by atoms with Gasteiger partial charge in [-0.3, -0.25) is 4.90 Å². The molecule has 0 fully saturated rings. The minimum absolute atomic E-state index is 0.405. The molecule has 0 saturated heterocycles. The summed E-state index contributed by atoms with van der Waals surface area (Å²) in [7, 11) is 0. The number of hydrogen-bond acceptors (Lipinski definition) is 1. The smallest absolute Gasteiger partial charge is 0.0718 e. The van der Waals surface area contributed by atoms with Crippen LogP contribution in [0.15, 0.2) is 30.3 Å². The maximum absolute atomic E-state index is 3.49. The van der Waals surface area contributed by atoms with E-state index in [0.29, 0.717) is 6.04 Å². The third-order valence-corrected chi connectivity index (χ3v) is 3.74. The fourth-order valence-corrected chi connectivity index (χ4v) is 2.46. The molecule has 0 aliphatic heterocycles. The topological polar surface area (TPSA) is 3.24 Å². The van der Waals surface area contributed by atoms with Crippen molar-refractivity contribution in [2.24, 2.45) is 0 Å². The first-order valence-electron chi connectivity index (χ1n) is 8.12. The Morgan fingerprint density at radius 3 is 2.25 bits per heavy atom. The van der Waals surface area contributed by atoms with Gasteiger partial charge in [0.2, 0.25) is 0 Å². The van der Waals surface area contributed by atoms with Crippen molar-refractivity contribution in [2.75, 3.05) is 13.1 Å². The molecule has 1 unspecified atom stereocenters. The second-order valence-electron chi connectivity index (χ2n) is 5.22. The van der Waals surface area contributed by atoms with E-state index in [1.807, 2.05) is 6.07 Å². The lowest BCUT2D eigenvalue weighted by Crippen LogP contribution is -2.34. The van der Waals surface area contributed by atoms with E-state index in [-0.39, 0.29) is 0 Å². The first kappa shape index (κ1) is 16.8. The highest BCUT2D eigenvalue weighted by atomic mass is 15.1. The molecule has 110 valence electrons. The molecule has 1 aromatic carbocycles. The van der Waals surface area contributed by atoms with Crippen molar-refractivity contribution in [3.63, 3.8) is 0 Å². The molecule has 0 heterocycles. The van der Waals surface area contributed by atoms with Gasteiger partial charge >= 0.3 is 0 Å². The highest BCUT2D eigenvalue weighted by Crippen LogP contribution is 2.11. The zero-order valence-corrected chi connectivity index (χ0v) is 13.4. The summed E-state index contributed by atoms with van der Waals surface area (Å²) in [5, 5.41) is 0. The standard InChI is InChI=1S/C19H29N/c1-4-7-8-12-15-19(20(5-2)6-3)17-16-18-13-10-9-11-14-18/h9-11,13-14,19H,4-8,12,15H2,1-3H3. The van der Waals surface area contributed by atoms with Crippen molar-refractivity contribution in [3.05, 3.63) is 35.9 Å². The Hall–Kier alpha value is -1.26. The molecule has 0 bridgehead atoms. The van der Waals surface area contributed by atoms with Gasteiger partial charge in [0.1, 0.15) is 0 Å². The van der Waals surface area contributed by atoms with E-state index in [2.05, 4.69) is 61.8 Å². The number of nitrogens with zero attached hydrogens (tertiary/aromatic N) is 1. The predicted octanol–water partition coefficient (Wildman–Crippen LogP) is 4.72. The van der Waals surface area contributed by atoms with Crippen LogP contribution in [0, 0.1) is 11.8 Å². The van der Waals surface area contributed by atoms with Crippen molar-refractivity contribution in [2.45, 2.75) is 58.9 Å². The van der Waals surface area contributed by atoms with Gasteiger partial charge in [-0.25, -0.2) is 0 Å². The van der Waals surface area contributed by atoms with E-state index in [1.54, 1.807) is 0 Å². The molecule has 0 saturated carbocycles. The van der Waals surface area contributed by atoms with Crippen LogP contribution in [0.4, 0.5) is 0 Å². The summed E-state index contributed by atoms with van der Waals surface area (Å²) < 4.78 is 0. The molecule has 0 aliphatic rings. The SMILES string of the molecule is CCCCCCC(C#Cc1ccccc1)N(CC)CC. The molecule has 1 aromatic rings. The molecule has 1 nitrogen and oxygen atoms in total. The second kappa shape index (κ2) is 10.5. The first-order chi connectivity index (χ1) is 9.81. The van der Waals surface area contributed by atoms with E-state index in [9.17, 15) is 0 Å². The minimum atomic E-state index is 0.405. The van der Waals surface area contributed by atoms with Crippen LogP contribution >= 0.6 is 0 Å². The number of benzene rings is 1. The molecule has 1 heteroatoms. The Morgan fingerprint density at radius 2 is 1.65 bits per heavy atom. The maximum atomic E-state index is 3.49. The Morgan fingerprint density at radius 1 is 0.950 bits per heavy atom. The molecule has 0 N–H and O–H groups in total. The minimum Gasteiger partial charge on any atom is -0.290 e. The third kappa shape index (κ3) is 6.26. The number of hydrogen-bond donors (Lipinski definition) is 0. The lowest BCUT2D eigenvalue weighted by atomic mass is 10.1. The van der Waals surface area contributed by atoms with Gasteiger partial charge in [0, 0.05) is 5.56 Å². The molecule has 0 aliphatic carbocycles. The average molecular weight is 271 g/mol. The maximum Gasteiger partial charge on any atom is 0.0718 e. The summed E-state index contributed by atoms with van der Waals surface area (Å²) in [5.74, 6) is 6.83. The van der Waals surface area contributed by atoms with Gasteiger partial charge in [-0.05, 0) is 31.6 Å². The van der Waals surface area contributed by atoms with Crippen molar-refractivity contribution >= 4 is 0 Å². The summed E-state index contributed by atoms with van der Waals surface area (Å²) >= 11 is 0. The summed E-state index contributed by atoms with van der Waals surface area (Å²) in [6, 6.07) is 10.7. The van der Waals surface area contributed by atoms with Gasteiger partial charge in [-0.1, -0.05) is 76.5 Å². The summed E-state index contributed by atoms with van der Waals surface area (Å²) in [6.45, 7) is 8.88. The molecule has 0 amide bonds. The van der Waals surface area contributed by atoms with E-state index in [0.717, 1.165) is 18.7 Å². The van der Waals surface area contributed by atoms with Gasteiger partial charge in [-0.15, -0.1) is 0 Å². The van der Waals surface area contributed by atoms with Crippen LogP contribution in [0.3, 0.4) is 0 Å². The zero-order valence-electron chi connectivity index (χ0n) is 13.4. The first-order valence-corrected chi connectivity index (χ1v) is 8.12. The summed E-state index contributed by atoms with van der Waals surface area (Å²) in [4.78, 5) is 2.47. The van der Waals surface area contributed by atoms with E-state index >= 15 is 0 Å². The molecule has 0 spiro atoms. The highest BCUT2D eigenvalue weighted by molar-refractivity contribution is 5.34. The molecule has 20 heavy (non-hydrogen) atoms. The monoisotopic (exact) mass is 271 g/mol. The van der Waals surface area contributed by atoms with Crippen LogP contribution in [0.5, 0.6) is 0 Å². The largest absolute Gasteiger partial charge is 0.290 e. The normalized spacial score (nSPS) is 12.0. The van der Waals surface area contributed by atoms with Crippen LogP contribution in [0.25, 0.3) is 0 Å². The van der Waals surface area contributed by atoms with Crippen LogP contribution in [0.1, 0.15) is 58.4 Å². The van der Waals surface area contributed by atoms with Crippen LogP contribution in [0.2, 0.25) is 0 Å². The summed E-state index contributed by atoms with van der Waals surface area (Å²) in [5.41, 5.74) is 1.12. The van der Waals surface area contributed by atoms with E-state index in [1.165, 1.54) is 32.1 Å². The van der Waals surface area contributed by atoms with Crippen molar-refractivity contribution in [1.82, 2.24) is 4.90 Å². The highest BCUT2D eigenvalue weighted by Gasteiger charge is 2.12. The van der Waals surface area contributed by atoms with Crippen molar-refractivity contribution in [1.29, 1.82) is 0 Å². The predicted molar refractivity (Wildman–Crippen MR) is 88.8 cm³/mol. The second-order valence-corrected chi connectivity index (χ2v) is 5.22. The average Bonchev–Trinajstić information content (AvgIpc) is 2.50. The Balaban J connectivity index is 2.64. The lowest BCUT2D eigenvalue weighted by molar-refractivity contribution is 0.246. The molecule has 1 atom stereocenters. The van der Waals surface area contributed by atoms with Crippen molar-refractivity contribution < 1.29 is 0 Å². The number of rotatable bonds is 8. The lowest BCUT2D eigenvalue weighted by Gasteiger charge is -2.25. The Labute approximate surface area is 125 Å². The van der Waals surface area contributed by atoms with Gasteiger partial charge in [0.25, 0.3) is 0 Å². The molecular formula is C19H29N. The van der Waals surface area contributed by atoms with E-state index < -0.39 is 0 Å².